The lowest BCUT2D eigenvalue weighted by Crippen LogP contribution is -2.70. The summed E-state index contributed by atoms with van der Waals surface area (Å²) in [5.41, 5.74) is 23.9. The predicted octanol–water partition coefficient (Wildman–Crippen LogP) is -8.36. The molecule has 3 rings (SSSR count). The summed E-state index contributed by atoms with van der Waals surface area (Å²) < 4.78 is 23.4. The van der Waals surface area contributed by atoms with Gasteiger partial charge in [0.1, 0.15) is 54.9 Å². The number of rotatable bonds is 14. The maximum atomic E-state index is 11.5. The van der Waals surface area contributed by atoms with Crippen LogP contribution in [0.5, 0.6) is 0 Å². The fourth-order valence-electron chi connectivity index (χ4n) is 5.48. The molecule has 1 aliphatic carbocycles. The first-order valence-corrected chi connectivity index (χ1v) is 14.3. The van der Waals surface area contributed by atoms with Crippen LogP contribution < -0.4 is 33.6 Å². The zero-order chi connectivity index (χ0) is 31.1. The van der Waals surface area contributed by atoms with E-state index in [-0.39, 0.29) is 13.0 Å². The summed E-state index contributed by atoms with van der Waals surface area (Å²) in [6.45, 7) is -0.375. The summed E-state index contributed by atoms with van der Waals surface area (Å²) in [7, 11) is 0. The lowest BCUT2D eigenvalue weighted by Gasteiger charge is -2.49. The van der Waals surface area contributed by atoms with E-state index in [4.69, 9.17) is 41.9 Å². The Hall–Kier alpha value is -0.720. The predicted molar refractivity (Wildman–Crippen MR) is 144 cm³/mol. The first kappa shape index (κ1) is 35.8. The Balaban J connectivity index is 1.80. The minimum absolute atomic E-state index is 0.0566. The Bertz CT molecular complexity index is 790. The van der Waals surface area contributed by atoms with Gasteiger partial charge in [0, 0.05) is 18.6 Å². The summed E-state index contributed by atoms with van der Waals surface area (Å²) in [5.74, 6) is 0. The number of aliphatic hydroxyl groups is 8. The molecule has 0 aromatic heterocycles. The topological polar surface area (TPSA) is 327 Å². The van der Waals surface area contributed by atoms with Crippen molar-refractivity contribution in [2.75, 3.05) is 39.5 Å². The van der Waals surface area contributed by atoms with Crippen molar-refractivity contribution in [3.05, 3.63) is 0 Å². The summed E-state index contributed by atoms with van der Waals surface area (Å²) >= 11 is 0. The number of ether oxygens (including phenoxy) is 4. The quantitative estimate of drug-likeness (QED) is 0.0807. The van der Waals surface area contributed by atoms with Crippen molar-refractivity contribution in [2.45, 2.75) is 111 Å². The molecule has 3 aliphatic rings. The third-order valence-corrected chi connectivity index (χ3v) is 8.08. The summed E-state index contributed by atoms with van der Waals surface area (Å²) in [5, 5.41) is 88.3. The Morgan fingerprint density at radius 3 is 2.02 bits per heavy atom. The normalized spacial score (nSPS) is 44.9. The highest BCUT2D eigenvalue weighted by atomic mass is 16.7. The van der Waals surface area contributed by atoms with Crippen LogP contribution in [0.15, 0.2) is 0 Å². The van der Waals surface area contributed by atoms with Gasteiger partial charge in [-0.15, -0.1) is 0 Å². The molecule has 2 saturated heterocycles. The highest BCUT2D eigenvalue weighted by Gasteiger charge is 2.52. The van der Waals surface area contributed by atoms with Gasteiger partial charge >= 0.3 is 0 Å². The molecule has 2 aliphatic heterocycles. The van der Waals surface area contributed by atoms with Gasteiger partial charge in [-0.1, -0.05) is 0 Å². The van der Waals surface area contributed by atoms with Gasteiger partial charge in [-0.25, -0.2) is 0 Å². The van der Waals surface area contributed by atoms with Crippen molar-refractivity contribution in [3.8, 4) is 0 Å². The minimum atomic E-state index is -1.56. The molecule has 0 radical (unpaired) electrons. The molecule has 18 nitrogen and oxygen atoms in total. The molecule has 248 valence electrons. The monoisotopic (exact) mass is 614 g/mol. The van der Waals surface area contributed by atoms with Crippen molar-refractivity contribution >= 4 is 0 Å². The average molecular weight is 615 g/mol. The molecule has 0 aromatic rings. The van der Waals surface area contributed by atoms with E-state index >= 15 is 0 Å². The van der Waals surface area contributed by atoms with Crippen LogP contribution in [0.4, 0.5) is 0 Å². The molecule has 18 N–H and O–H groups in total. The molecule has 42 heavy (non-hydrogen) atoms. The number of nitrogens with one attached hydrogen (secondary N) is 2. The van der Waals surface area contributed by atoms with E-state index < -0.39 is 118 Å². The van der Waals surface area contributed by atoms with Crippen LogP contribution in [0.1, 0.15) is 12.8 Å². The molecule has 0 aromatic carbocycles. The molecule has 0 spiro atoms. The summed E-state index contributed by atoms with van der Waals surface area (Å²) in [6, 6.07) is -4.98. The Morgan fingerprint density at radius 2 is 1.40 bits per heavy atom. The van der Waals surface area contributed by atoms with Crippen molar-refractivity contribution in [2.24, 2.45) is 22.9 Å². The Morgan fingerprint density at radius 1 is 0.762 bits per heavy atom. The SMILES string of the molecule is NCCCNC[C@H]1O[C@H](OC2[C@@H](N)C[C@@H](NC(CO)CO)[C@H](O[C@H]3O[C@H](CO)[C@@H](O)[C@H](N)[C@H]3O)[C@H]2O)[C@H](N)[C@@H](O)[C@@H]1O. The van der Waals surface area contributed by atoms with Crippen LogP contribution in [-0.2, 0) is 18.9 Å². The molecule has 1 saturated carbocycles. The van der Waals surface area contributed by atoms with Crippen LogP contribution in [0, 0.1) is 0 Å². The highest BCUT2D eigenvalue weighted by molar-refractivity contribution is 5.03. The smallest absolute Gasteiger partial charge is 0.186 e. The second kappa shape index (κ2) is 16.5. The van der Waals surface area contributed by atoms with Gasteiger partial charge in [0.2, 0.25) is 0 Å². The van der Waals surface area contributed by atoms with Crippen molar-refractivity contribution in [1.82, 2.24) is 10.6 Å². The minimum Gasteiger partial charge on any atom is -0.395 e. The van der Waals surface area contributed by atoms with Crippen LogP contribution in [0.3, 0.4) is 0 Å². The fourth-order valence-corrected chi connectivity index (χ4v) is 5.48. The second-order valence-corrected chi connectivity index (χ2v) is 11.2. The summed E-state index contributed by atoms with van der Waals surface area (Å²) in [6.07, 6.45) is -13.9. The van der Waals surface area contributed by atoms with Gasteiger partial charge in [-0.05, 0) is 25.9 Å². The van der Waals surface area contributed by atoms with E-state index in [0.29, 0.717) is 19.5 Å². The first-order valence-electron chi connectivity index (χ1n) is 14.3. The molecule has 2 heterocycles. The van der Waals surface area contributed by atoms with Crippen molar-refractivity contribution in [3.63, 3.8) is 0 Å². The molecule has 18 heteroatoms. The molecule has 0 bridgehead atoms. The van der Waals surface area contributed by atoms with E-state index in [1.807, 2.05) is 0 Å². The van der Waals surface area contributed by atoms with E-state index in [2.05, 4.69) is 10.6 Å². The van der Waals surface area contributed by atoms with Crippen LogP contribution in [-0.4, -0.2) is 178 Å². The van der Waals surface area contributed by atoms with Gasteiger partial charge in [0.25, 0.3) is 0 Å². The van der Waals surface area contributed by atoms with Gasteiger partial charge in [0.15, 0.2) is 12.6 Å². The zero-order valence-corrected chi connectivity index (χ0v) is 23.4. The van der Waals surface area contributed by atoms with E-state index in [9.17, 15) is 40.9 Å². The van der Waals surface area contributed by atoms with E-state index in [1.165, 1.54) is 0 Å². The third-order valence-electron chi connectivity index (χ3n) is 8.08. The molecule has 3 fully saturated rings. The van der Waals surface area contributed by atoms with Gasteiger partial charge < -0.3 is 93.4 Å². The van der Waals surface area contributed by atoms with E-state index in [1.54, 1.807) is 0 Å². The standard InChI is InChI=1S/C24H50N6O12/c25-2-1-3-29-5-12-17(35)18(36)15(28)23(39-12)41-21-10(26)4-11(30-9(6-31)7-32)22(20(21)38)42-24-19(37)14(27)16(34)13(8-33)40-24/h9-24,29-38H,1-8,25-28H2/t10-,11+,12+,13+,14-,15+,16+,17+,18+,19+,20-,21?,22-,23+,24+/m0/s1. The maximum absolute atomic E-state index is 11.5. The van der Waals surface area contributed by atoms with Gasteiger partial charge in [-0.3, -0.25) is 0 Å². The first-order chi connectivity index (χ1) is 20.0. The lowest BCUT2D eigenvalue weighted by molar-refractivity contribution is -0.320. The zero-order valence-electron chi connectivity index (χ0n) is 23.4. The van der Waals surface area contributed by atoms with E-state index in [0.717, 1.165) is 0 Å². The highest BCUT2D eigenvalue weighted by Crippen LogP contribution is 2.32. The molecular weight excluding hydrogens is 564 g/mol. The molecule has 1 unspecified atom stereocenters. The van der Waals surface area contributed by atoms with Crippen LogP contribution in [0.2, 0.25) is 0 Å². The van der Waals surface area contributed by atoms with Gasteiger partial charge in [0.05, 0.1) is 37.9 Å². The number of aliphatic hydroxyl groups excluding tert-OH is 8. The largest absolute Gasteiger partial charge is 0.395 e. The van der Waals surface area contributed by atoms with Crippen molar-refractivity contribution < 1.29 is 59.8 Å². The number of hydrogen-bond donors (Lipinski definition) is 14. The third kappa shape index (κ3) is 8.30. The number of hydrogen-bond acceptors (Lipinski definition) is 18. The average Bonchev–Trinajstić information content (AvgIpc) is 2.98. The Kier molecular flexibility index (Phi) is 14.1. The second-order valence-electron chi connectivity index (χ2n) is 11.2. The molecule has 0 amide bonds. The fraction of sp³-hybridized carbons (Fsp3) is 1.00. The number of nitrogens with two attached hydrogens (primary N) is 4. The lowest BCUT2D eigenvalue weighted by atomic mass is 9.83. The Labute approximate surface area is 243 Å². The molecule has 15 atom stereocenters. The van der Waals surface area contributed by atoms with Gasteiger partial charge in [-0.2, -0.15) is 0 Å². The van der Waals surface area contributed by atoms with Crippen LogP contribution >= 0.6 is 0 Å². The maximum Gasteiger partial charge on any atom is 0.186 e. The summed E-state index contributed by atoms with van der Waals surface area (Å²) in [4.78, 5) is 0. The van der Waals surface area contributed by atoms with Crippen molar-refractivity contribution in [1.29, 1.82) is 0 Å². The molecular formula is C24H50N6O12. The van der Waals surface area contributed by atoms with Crippen LogP contribution in [0.25, 0.3) is 0 Å².